The quantitative estimate of drug-likeness (QED) is 0.752. The number of benzene rings is 1. The summed E-state index contributed by atoms with van der Waals surface area (Å²) in [6.45, 7) is 1.68. The molecule has 0 aromatic heterocycles. The van der Waals surface area contributed by atoms with Gasteiger partial charge in [-0.1, -0.05) is 15.9 Å². The minimum absolute atomic E-state index is 0.164. The number of ether oxygens (including phenoxy) is 1. The molecule has 1 aromatic carbocycles. The molecule has 0 spiro atoms. The summed E-state index contributed by atoms with van der Waals surface area (Å²) in [6.07, 6.45) is 5.71. The van der Waals surface area contributed by atoms with Gasteiger partial charge in [0.25, 0.3) is 0 Å². The van der Waals surface area contributed by atoms with Crippen LogP contribution in [-0.4, -0.2) is 20.2 Å². The summed E-state index contributed by atoms with van der Waals surface area (Å²) in [7, 11) is 1.72. The Bertz CT molecular complexity index is 474. The van der Waals surface area contributed by atoms with Crippen LogP contribution in [0.5, 0.6) is 5.75 Å². The summed E-state index contributed by atoms with van der Waals surface area (Å²) < 4.78 is 6.56. The van der Waals surface area contributed by atoms with E-state index >= 15 is 0 Å². The standard InChI is InChI=1S/C17H25BrN2O/c1-21-17-7-6-13(18)8-14(17)16(9-19)20-10-15(11-2-3-11)12-4-5-12/h6-8,11-12,15-16,20H,2-5,9-10,19H2,1H3. The highest BCUT2D eigenvalue weighted by molar-refractivity contribution is 9.10. The van der Waals surface area contributed by atoms with Crippen LogP contribution < -0.4 is 15.8 Å². The van der Waals surface area contributed by atoms with Crippen molar-refractivity contribution in [3.8, 4) is 5.75 Å². The zero-order valence-electron chi connectivity index (χ0n) is 12.6. The number of rotatable bonds is 8. The summed E-state index contributed by atoms with van der Waals surface area (Å²) >= 11 is 3.55. The molecule has 0 saturated heterocycles. The highest BCUT2D eigenvalue weighted by Gasteiger charge is 2.41. The molecule has 0 heterocycles. The molecule has 1 unspecified atom stereocenters. The van der Waals surface area contributed by atoms with Gasteiger partial charge in [-0.15, -0.1) is 0 Å². The zero-order chi connectivity index (χ0) is 14.8. The molecule has 0 aliphatic heterocycles. The molecule has 4 heteroatoms. The maximum Gasteiger partial charge on any atom is 0.123 e. The van der Waals surface area contributed by atoms with E-state index in [0.29, 0.717) is 6.54 Å². The van der Waals surface area contributed by atoms with E-state index < -0.39 is 0 Å². The van der Waals surface area contributed by atoms with Gasteiger partial charge in [0, 0.05) is 22.6 Å². The van der Waals surface area contributed by atoms with E-state index in [4.69, 9.17) is 10.5 Å². The van der Waals surface area contributed by atoms with Crippen LogP contribution in [-0.2, 0) is 0 Å². The molecule has 2 aliphatic carbocycles. The minimum atomic E-state index is 0.164. The van der Waals surface area contributed by atoms with Crippen molar-refractivity contribution < 1.29 is 4.74 Å². The van der Waals surface area contributed by atoms with Gasteiger partial charge in [0.1, 0.15) is 5.75 Å². The first-order valence-electron chi connectivity index (χ1n) is 7.99. The predicted molar refractivity (Wildman–Crippen MR) is 89.4 cm³/mol. The molecular formula is C17H25BrN2O. The van der Waals surface area contributed by atoms with E-state index in [1.54, 1.807) is 7.11 Å². The fourth-order valence-electron chi connectivity index (χ4n) is 3.34. The fourth-order valence-corrected chi connectivity index (χ4v) is 3.72. The van der Waals surface area contributed by atoms with Crippen LogP contribution in [0, 0.1) is 17.8 Å². The Balaban J connectivity index is 1.68. The van der Waals surface area contributed by atoms with E-state index in [0.717, 1.165) is 40.1 Å². The molecule has 1 aromatic rings. The molecule has 1 atom stereocenters. The topological polar surface area (TPSA) is 47.3 Å². The van der Waals surface area contributed by atoms with Crippen LogP contribution >= 0.6 is 15.9 Å². The second-order valence-electron chi connectivity index (χ2n) is 6.42. The molecule has 0 amide bonds. The van der Waals surface area contributed by atoms with Gasteiger partial charge in [-0.2, -0.15) is 0 Å². The third-order valence-electron chi connectivity index (χ3n) is 4.86. The van der Waals surface area contributed by atoms with Crippen LogP contribution in [0.4, 0.5) is 0 Å². The van der Waals surface area contributed by atoms with Crippen molar-refractivity contribution in [1.29, 1.82) is 0 Å². The number of nitrogens with two attached hydrogens (primary N) is 1. The largest absolute Gasteiger partial charge is 0.496 e. The lowest BCUT2D eigenvalue weighted by atomic mass is 9.96. The Hall–Kier alpha value is -0.580. The number of halogens is 1. The first-order chi connectivity index (χ1) is 10.2. The summed E-state index contributed by atoms with van der Waals surface area (Å²) in [4.78, 5) is 0. The molecule has 2 aliphatic rings. The second-order valence-corrected chi connectivity index (χ2v) is 7.34. The van der Waals surface area contributed by atoms with Crippen LogP contribution in [0.2, 0.25) is 0 Å². The maximum absolute atomic E-state index is 6.01. The lowest BCUT2D eigenvalue weighted by Crippen LogP contribution is -2.33. The van der Waals surface area contributed by atoms with E-state index in [-0.39, 0.29) is 6.04 Å². The van der Waals surface area contributed by atoms with E-state index in [9.17, 15) is 0 Å². The van der Waals surface area contributed by atoms with Crippen molar-refractivity contribution in [2.24, 2.45) is 23.5 Å². The van der Waals surface area contributed by atoms with E-state index in [1.165, 1.54) is 25.7 Å². The summed E-state index contributed by atoms with van der Waals surface area (Å²) in [5.74, 6) is 3.70. The number of hydrogen-bond acceptors (Lipinski definition) is 3. The molecule has 2 saturated carbocycles. The Labute approximate surface area is 135 Å². The first kappa shape index (κ1) is 15.3. The van der Waals surface area contributed by atoms with Crippen molar-refractivity contribution in [2.75, 3.05) is 20.2 Å². The molecule has 116 valence electrons. The minimum Gasteiger partial charge on any atom is -0.496 e. The molecule has 2 fully saturated rings. The van der Waals surface area contributed by atoms with Crippen LogP contribution in [0.15, 0.2) is 22.7 Å². The third kappa shape index (κ3) is 3.79. The van der Waals surface area contributed by atoms with Crippen LogP contribution in [0.1, 0.15) is 37.3 Å². The Kier molecular flexibility index (Phi) is 4.87. The molecule has 0 radical (unpaired) electrons. The van der Waals surface area contributed by atoms with Crippen molar-refractivity contribution >= 4 is 15.9 Å². The van der Waals surface area contributed by atoms with Crippen molar-refractivity contribution in [3.63, 3.8) is 0 Å². The van der Waals surface area contributed by atoms with Crippen molar-refractivity contribution in [3.05, 3.63) is 28.2 Å². The Morgan fingerprint density at radius 2 is 1.95 bits per heavy atom. The highest BCUT2D eigenvalue weighted by Crippen LogP contribution is 2.49. The van der Waals surface area contributed by atoms with Crippen molar-refractivity contribution in [1.82, 2.24) is 5.32 Å². The smallest absolute Gasteiger partial charge is 0.123 e. The third-order valence-corrected chi connectivity index (χ3v) is 5.35. The lowest BCUT2D eigenvalue weighted by molar-refractivity contribution is 0.350. The monoisotopic (exact) mass is 352 g/mol. The Morgan fingerprint density at radius 1 is 1.29 bits per heavy atom. The van der Waals surface area contributed by atoms with Gasteiger partial charge in [-0.05, 0) is 68.2 Å². The zero-order valence-corrected chi connectivity index (χ0v) is 14.2. The fraction of sp³-hybridized carbons (Fsp3) is 0.647. The molecule has 3 rings (SSSR count). The van der Waals surface area contributed by atoms with E-state index in [2.05, 4.69) is 27.3 Å². The summed E-state index contributed by atoms with van der Waals surface area (Å²) in [5.41, 5.74) is 7.17. The summed E-state index contributed by atoms with van der Waals surface area (Å²) in [6, 6.07) is 6.29. The SMILES string of the molecule is COc1ccc(Br)cc1C(CN)NCC(C1CC1)C1CC1. The Morgan fingerprint density at radius 3 is 2.48 bits per heavy atom. The summed E-state index contributed by atoms with van der Waals surface area (Å²) in [5, 5.41) is 3.70. The van der Waals surface area contributed by atoms with Crippen LogP contribution in [0.3, 0.4) is 0 Å². The number of nitrogens with one attached hydrogen (secondary N) is 1. The molecule has 3 nitrogen and oxygen atoms in total. The van der Waals surface area contributed by atoms with Gasteiger partial charge in [0.2, 0.25) is 0 Å². The van der Waals surface area contributed by atoms with E-state index in [1.807, 2.05) is 12.1 Å². The molecule has 0 bridgehead atoms. The molecular weight excluding hydrogens is 328 g/mol. The maximum atomic E-state index is 6.01. The van der Waals surface area contributed by atoms with Gasteiger partial charge < -0.3 is 15.8 Å². The van der Waals surface area contributed by atoms with Crippen LogP contribution in [0.25, 0.3) is 0 Å². The highest BCUT2D eigenvalue weighted by atomic mass is 79.9. The van der Waals surface area contributed by atoms with Crippen molar-refractivity contribution in [2.45, 2.75) is 31.7 Å². The molecule has 21 heavy (non-hydrogen) atoms. The van der Waals surface area contributed by atoms with Gasteiger partial charge in [0.15, 0.2) is 0 Å². The van der Waals surface area contributed by atoms with Gasteiger partial charge in [0.05, 0.1) is 7.11 Å². The molecule has 3 N–H and O–H groups in total. The lowest BCUT2D eigenvalue weighted by Gasteiger charge is -2.24. The second kappa shape index (κ2) is 6.67. The normalized spacial score (nSPS) is 19.8. The van der Waals surface area contributed by atoms with Gasteiger partial charge in [-0.3, -0.25) is 0 Å². The number of methoxy groups -OCH3 is 1. The average molecular weight is 353 g/mol. The van der Waals surface area contributed by atoms with Gasteiger partial charge >= 0.3 is 0 Å². The number of hydrogen-bond donors (Lipinski definition) is 2. The first-order valence-corrected chi connectivity index (χ1v) is 8.79. The average Bonchev–Trinajstić information content (AvgIpc) is 3.37. The predicted octanol–water partition coefficient (Wildman–Crippen LogP) is 3.48. The van der Waals surface area contributed by atoms with Gasteiger partial charge in [-0.25, -0.2) is 0 Å².